The summed E-state index contributed by atoms with van der Waals surface area (Å²) in [5.41, 5.74) is 0.927. The smallest absolute Gasteiger partial charge is 0.287 e. The quantitative estimate of drug-likeness (QED) is 0.112. The highest BCUT2D eigenvalue weighted by molar-refractivity contribution is 6.32. The second-order valence-electron chi connectivity index (χ2n) is 4.38. The first kappa shape index (κ1) is 16.3. The van der Waals surface area contributed by atoms with Crippen molar-refractivity contribution in [2.24, 2.45) is 5.16 Å². The highest BCUT2D eigenvalue weighted by atomic mass is 19.1. The van der Waals surface area contributed by atoms with Gasteiger partial charge in [-0.15, -0.1) is 0 Å². The molecule has 3 N–H and O–H groups in total. The molecule has 9 nitrogen and oxygen atoms in total. The van der Waals surface area contributed by atoms with E-state index in [1.807, 2.05) is 0 Å². The van der Waals surface area contributed by atoms with Crippen LogP contribution in [0, 0.1) is 5.82 Å². The van der Waals surface area contributed by atoms with Crippen LogP contribution in [0.15, 0.2) is 28.0 Å². The Morgan fingerprint density at radius 2 is 2.35 bits per heavy atom. The third-order valence-electron chi connectivity index (χ3n) is 2.77. The van der Waals surface area contributed by atoms with Crippen molar-refractivity contribution in [3.63, 3.8) is 0 Å². The number of carbonyl (C=O) groups excluding carboxylic acids is 1. The lowest BCUT2D eigenvalue weighted by Gasteiger charge is -2.08. The lowest BCUT2D eigenvalue weighted by Crippen LogP contribution is -2.21. The Kier molecular flexibility index (Phi) is 5.50. The Morgan fingerprint density at radius 3 is 3.04 bits per heavy atom. The van der Waals surface area contributed by atoms with Gasteiger partial charge in [-0.25, -0.2) is 9.02 Å². The van der Waals surface area contributed by atoms with Crippen molar-refractivity contribution in [2.45, 2.75) is 0 Å². The van der Waals surface area contributed by atoms with Crippen molar-refractivity contribution in [3.8, 4) is 5.88 Å². The number of amidine groups is 1. The number of ether oxygens (including phenoxy) is 1. The fourth-order valence-electron chi connectivity index (χ4n) is 1.68. The van der Waals surface area contributed by atoms with Crippen LogP contribution in [0.5, 0.6) is 5.88 Å². The number of amides is 1. The summed E-state index contributed by atoms with van der Waals surface area (Å²) < 4.78 is 23.1. The Hall–Kier alpha value is -3.11. The molecule has 11 heteroatoms. The van der Waals surface area contributed by atoms with Gasteiger partial charge in [-0.2, -0.15) is 0 Å². The van der Waals surface area contributed by atoms with Crippen LogP contribution < -0.4 is 20.8 Å². The Labute approximate surface area is 130 Å². The first-order valence-electron chi connectivity index (χ1n) is 6.53. The highest BCUT2D eigenvalue weighted by Crippen LogP contribution is 2.16. The van der Waals surface area contributed by atoms with E-state index in [9.17, 15) is 9.18 Å². The van der Waals surface area contributed by atoms with E-state index in [4.69, 9.17) is 9.94 Å². The van der Waals surface area contributed by atoms with Crippen LogP contribution in [0.2, 0.25) is 0 Å². The van der Waals surface area contributed by atoms with Gasteiger partial charge in [0.1, 0.15) is 20.3 Å². The van der Waals surface area contributed by atoms with Crippen LogP contribution in [-0.4, -0.2) is 48.8 Å². The van der Waals surface area contributed by atoms with Gasteiger partial charge >= 0.3 is 0 Å². The average Bonchev–Trinajstić information content (AvgIpc) is 3.01. The summed E-state index contributed by atoms with van der Waals surface area (Å²) in [4.78, 5) is 10.1. The summed E-state index contributed by atoms with van der Waals surface area (Å²) in [6.45, 7) is 0.375. The van der Waals surface area contributed by atoms with E-state index < -0.39 is 0 Å². The van der Waals surface area contributed by atoms with Gasteiger partial charge in [-0.1, -0.05) is 10.6 Å². The molecule has 1 amide bonds. The zero-order valence-electron chi connectivity index (χ0n) is 12.1. The van der Waals surface area contributed by atoms with E-state index in [1.54, 1.807) is 7.85 Å². The van der Waals surface area contributed by atoms with Gasteiger partial charge in [0.25, 0.3) is 5.88 Å². The van der Waals surface area contributed by atoms with E-state index in [2.05, 4.69) is 30.7 Å². The molecule has 0 aliphatic heterocycles. The standard InChI is InChI=1S/C12H13BFN5O4/c13-8-5-7(1-2-9(8)14)16-11(17-21)10-12(19-23-18-10)22-4-3-15-6-20/h1-2,5-6,21H,3-4,13H2,(H,15,20)(H,16,17). The van der Waals surface area contributed by atoms with Gasteiger partial charge in [-0.3, -0.25) is 4.79 Å². The van der Waals surface area contributed by atoms with E-state index >= 15 is 0 Å². The summed E-state index contributed by atoms with van der Waals surface area (Å²) in [6, 6.07) is 4.27. The fourth-order valence-corrected chi connectivity index (χ4v) is 1.68. The third kappa shape index (κ3) is 4.19. The molecule has 0 aliphatic carbocycles. The first-order chi connectivity index (χ1) is 11.2. The van der Waals surface area contributed by atoms with E-state index in [-0.39, 0.29) is 36.4 Å². The Bertz CT molecular complexity index is 709. The predicted molar refractivity (Wildman–Crippen MR) is 80.4 cm³/mol. The van der Waals surface area contributed by atoms with Crippen molar-refractivity contribution < 1.29 is 23.8 Å². The van der Waals surface area contributed by atoms with Crippen molar-refractivity contribution in [1.29, 1.82) is 0 Å². The van der Waals surface area contributed by atoms with Crippen LogP contribution in [0.1, 0.15) is 5.69 Å². The number of hydrogen-bond donors (Lipinski definition) is 3. The summed E-state index contributed by atoms with van der Waals surface area (Å²) in [5, 5.41) is 24.5. The largest absolute Gasteiger partial charge is 0.472 e. The maximum atomic E-state index is 13.3. The van der Waals surface area contributed by atoms with E-state index in [0.717, 1.165) is 0 Å². The number of halogens is 1. The molecular formula is C12H13BFN5O4. The molecule has 0 radical (unpaired) electrons. The molecule has 120 valence electrons. The third-order valence-corrected chi connectivity index (χ3v) is 2.77. The average molecular weight is 321 g/mol. The van der Waals surface area contributed by atoms with Crippen molar-refractivity contribution >= 4 is 31.2 Å². The number of oxime groups is 1. The minimum Gasteiger partial charge on any atom is -0.472 e. The molecule has 23 heavy (non-hydrogen) atoms. The van der Waals surface area contributed by atoms with Crippen LogP contribution in [0.3, 0.4) is 0 Å². The van der Waals surface area contributed by atoms with Crippen LogP contribution in [0.25, 0.3) is 0 Å². The zero-order valence-corrected chi connectivity index (χ0v) is 12.1. The first-order valence-corrected chi connectivity index (χ1v) is 6.53. The van der Waals surface area contributed by atoms with Gasteiger partial charge in [0.15, 0.2) is 0 Å². The molecule has 0 saturated carbocycles. The maximum Gasteiger partial charge on any atom is 0.287 e. The lowest BCUT2D eigenvalue weighted by atomic mass is 9.95. The summed E-state index contributed by atoms with van der Waals surface area (Å²) in [7, 11) is 1.60. The molecule has 1 aromatic carbocycles. The van der Waals surface area contributed by atoms with Crippen LogP contribution >= 0.6 is 0 Å². The van der Waals surface area contributed by atoms with Crippen molar-refractivity contribution in [3.05, 3.63) is 29.7 Å². The zero-order chi connectivity index (χ0) is 16.7. The minimum atomic E-state index is -0.354. The molecule has 0 unspecified atom stereocenters. The van der Waals surface area contributed by atoms with Gasteiger partial charge in [-0.05, 0) is 28.5 Å². The number of nitrogens with one attached hydrogen (secondary N) is 2. The minimum absolute atomic E-state index is 0.0168. The predicted octanol–water partition coefficient (Wildman–Crippen LogP) is -1.16. The monoisotopic (exact) mass is 321 g/mol. The number of aromatic nitrogens is 2. The molecule has 2 rings (SSSR count). The van der Waals surface area contributed by atoms with Gasteiger partial charge in [0.05, 0.1) is 6.54 Å². The summed E-state index contributed by atoms with van der Waals surface area (Å²) in [5.74, 6) is -0.458. The number of nitrogens with zero attached hydrogens (tertiary/aromatic N) is 3. The molecule has 0 fully saturated rings. The van der Waals surface area contributed by atoms with Gasteiger partial charge in [0.2, 0.25) is 17.9 Å². The van der Waals surface area contributed by atoms with E-state index in [0.29, 0.717) is 17.6 Å². The Morgan fingerprint density at radius 1 is 1.52 bits per heavy atom. The highest BCUT2D eigenvalue weighted by Gasteiger charge is 2.19. The fraction of sp³-hybridized carbons (Fsp3) is 0.167. The number of hydrogen-bond acceptors (Lipinski definition) is 7. The normalized spacial score (nSPS) is 11.1. The molecule has 0 bridgehead atoms. The van der Waals surface area contributed by atoms with Gasteiger partial charge < -0.3 is 20.6 Å². The van der Waals surface area contributed by atoms with Crippen LogP contribution in [-0.2, 0) is 4.79 Å². The second-order valence-corrected chi connectivity index (χ2v) is 4.38. The van der Waals surface area contributed by atoms with Crippen molar-refractivity contribution in [2.75, 3.05) is 18.5 Å². The SMILES string of the molecule is Bc1cc(N/C(=N\O)c2nonc2OCCNC=O)ccc1F. The molecule has 1 heterocycles. The van der Waals surface area contributed by atoms with Crippen molar-refractivity contribution in [1.82, 2.24) is 15.6 Å². The number of carbonyl (C=O) groups is 1. The van der Waals surface area contributed by atoms with Gasteiger partial charge in [0, 0.05) is 5.69 Å². The molecular weight excluding hydrogens is 308 g/mol. The molecule has 0 atom stereocenters. The maximum absolute atomic E-state index is 13.3. The number of rotatable bonds is 7. The van der Waals surface area contributed by atoms with Crippen LogP contribution in [0.4, 0.5) is 10.1 Å². The molecule has 1 aromatic heterocycles. The summed E-state index contributed by atoms with van der Waals surface area (Å²) in [6.07, 6.45) is 0.532. The topological polar surface area (TPSA) is 122 Å². The van der Waals surface area contributed by atoms with E-state index in [1.165, 1.54) is 18.2 Å². The molecule has 0 spiro atoms. The molecule has 2 aromatic rings. The lowest BCUT2D eigenvalue weighted by molar-refractivity contribution is -0.109. The summed E-state index contributed by atoms with van der Waals surface area (Å²) >= 11 is 0. The number of anilines is 1. The molecule has 0 aliphatic rings. The number of benzene rings is 1. The Balaban J connectivity index is 2.10. The molecule has 0 saturated heterocycles. The second kappa shape index (κ2) is 7.78.